The number of nitrogens with zero attached hydrogens (tertiary/aromatic N) is 1. The summed E-state index contributed by atoms with van der Waals surface area (Å²) in [6, 6.07) is 9.45. The highest BCUT2D eigenvalue weighted by Gasteiger charge is 2.32. The van der Waals surface area contributed by atoms with E-state index >= 15 is 0 Å². The molecule has 1 amide bonds. The molecule has 5 nitrogen and oxygen atoms in total. The molecule has 2 aromatic rings. The zero-order chi connectivity index (χ0) is 14.8. The number of nitrogen functional groups attached to an aromatic ring is 1. The van der Waals surface area contributed by atoms with Crippen molar-refractivity contribution < 1.29 is 4.79 Å². The van der Waals surface area contributed by atoms with Gasteiger partial charge in [-0.2, -0.15) is 5.10 Å². The largest absolute Gasteiger partial charge is 0.384 e. The van der Waals surface area contributed by atoms with Gasteiger partial charge in [-0.3, -0.25) is 9.89 Å². The molecule has 4 N–H and O–H groups in total. The van der Waals surface area contributed by atoms with Gasteiger partial charge in [-0.25, -0.2) is 0 Å². The topological polar surface area (TPSA) is 83.8 Å². The van der Waals surface area contributed by atoms with E-state index in [1.807, 2.05) is 24.3 Å². The third kappa shape index (κ3) is 3.36. The van der Waals surface area contributed by atoms with Crippen molar-refractivity contribution >= 4 is 23.3 Å². The average Bonchev–Trinajstić information content (AvgIpc) is 2.79. The van der Waals surface area contributed by atoms with Crippen LogP contribution in [0.1, 0.15) is 30.0 Å². The molecule has 21 heavy (non-hydrogen) atoms. The number of aromatic nitrogens is 2. The molecule has 1 aliphatic carbocycles. The van der Waals surface area contributed by atoms with Gasteiger partial charge in [0.25, 0.3) is 0 Å². The van der Waals surface area contributed by atoms with E-state index in [0.717, 1.165) is 24.1 Å². The quantitative estimate of drug-likeness (QED) is 0.810. The molecule has 6 heteroatoms. The number of nitrogens with two attached hydrogens (primary N) is 1. The number of carbonyl (C=O) groups is 1. The van der Waals surface area contributed by atoms with Gasteiger partial charge in [-0.1, -0.05) is 23.7 Å². The minimum atomic E-state index is 0.0299. The Morgan fingerprint density at radius 1 is 1.43 bits per heavy atom. The third-order valence-corrected chi connectivity index (χ3v) is 4.03. The Kier molecular flexibility index (Phi) is 3.84. The fourth-order valence-electron chi connectivity index (χ4n) is 2.65. The van der Waals surface area contributed by atoms with E-state index in [1.54, 1.807) is 6.07 Å². The summed E-state index contributed by atoms with van der Waals surface area (Å²) < 4.78 is 0. The van der Waals surface area contributed by atoms with Crippen molar-refractivity contribution in [1.29, 1.82) is 0 Å². The van der Waals surface area contributed by atoms with E-state index in [2.05, 4.69) is 15.5 Å². The number of hydrogen-bond donors (Lipinski definition) is 3. The summed E-state index contributed by atoms with van der Waals surface area (Å²) in [7, 11) is 0. The molecule has 0 bridgehead atoms. The lowest BCUT2D eigenvalue weighted by atomic mass is 9.78. The van der Waals surface area contributed by atoms with Gasteiger partial charge in [-0.05, 0) is 30.5 Å². The van der Waals surface area contributed by atoms with Gasteiger partial charge in [0.2, 0.25) is 5.91 Å². The fraction of sp³-hybridized carbons (Fsp3) is 0.333. The number of H-pyrrole nitrogens is 1. The van der Waals surface area contributed by atoms with E-state index in [0.29, 0.717) is 23.2 Å². The number of aromatic amines is 1. The van der Waals surface area contributed by atoms with Crippen molar-refractivity contribution in [2.24, 2.45) is 0 Å². The fourth-order valence-corrected chi connectivity index (χ4v) is 2.86. The normalized spacial score (nSPS) is 20.8. The van der Waals surface area contributed by atoms with Gasteiger partial charge >= 0.3 is 0 Å². The average molecular weight is 305 g/mol. The summed E-state index contributed by atoms with van der Waals surface area (Å²) in [5, 5.41) is 10.6. The van der Waals surface area contributed by atoms with Crippen molar-refractivity contribution in [3.63, 3.8) is 0 Å². The lowest BCUT2D eigenvalue weighted by Gasteiger charge is -2.34. The van der Waals surface area contributed by atoms with Crippen LogP contribution in [-0.2, 0) is 11.2 Å². The van der Waals surface area contributed by atoms with Crippen molar-refractivity contribution in [1.82, 2.24) is 15.5 Å². The second-order valence-corrected chi connectivity index (χ2v) is 5.92. The molecule has 3 rings (SSSR count). The SMILES string of the molecule is Nc1cc([C@H]2C[C@@H](NC(=O)Cc3cccc(Cl)c3)C2)n[nH]1. The number of anilines is 1. The molecule has 0 saturated heterocycles. The number of halogens is 1. The van der Waals surface area contributed by atoms with E-state index in [1.165, 1.54) is 0 Å². The molecule has 0 radical (unpaired) electrons. The van der Waals surface area contributed by atoms with Crippen LogP contribution in [0.3, 0.4) is 0 Å². The Hall–Kier alpha value is -2.01. The zero-order valence-electron chi connectivity index (χ0n) is 11.5. The molecular weight excluding hydrogens is 288 g/mol. The van der Waals surface area contributed by atoms with Crippen molar-refractivity contribution in [2.45, 2.75) is 31.2 Å². The van der Waals surface area contributed by atoms with E-state index < -0.39 is 0 Å². The van der Waals surface area contributed by atoms with Gasteiger partial charge in [0.1, 0.15) is 5.82 Å². The van der Waals surface area contributed by atoms with Gasteiger partial charge in [0.15, 0.2) is 0 Å². The Labute approximate surface area is 127 Å². The van der Waals surface area contributed by atoms with Crippen LogP contribution in [0.2, 0.25) is 5.02 Å². The molecule has 1 aliphatic rings. The molecule has 1 saturated carbocycles. The van der Waals surface area contributed by atoms with Crippen LogP contribution < -0.4 is 11.1 Å². The van der Waals surface area contributed by atoms with Gasteiger partial charge < -0.3 is 11.1 Å². The first-order chi connectivity index (χ1) is 10.1. The number of rotatable bonds is 4. The van der Waals surface area contributed by atoms with Gasteiger partial charge in [-0.15, -0.1) is 0 Å². The minimum absolute atomic E-state index is 0.0299. The molecule has 1 aromatic carbocycles. The van der Waals surface area contributed by atoms with E-state index in [4.69, 9.17) is 17.3 Å². The number of benzene rings is 1. The molecule has 1 aromatic heterocycles. The van der Waals surface area contributed by atoms with Crippen LogP contribution >= 0.6 is 11.6 Å². The minimum Gasteiger partial charge on any atom is -0.384 e. The first-order valence-electron chi connectivity index (χ1n) is 6.95. The second-order valence-electron chi connectivity index (χ2n) is 5.49. The Morgan fingerprint density at radius 3 is 2.90 bits per heavy atom. The van der Waals surface area contributed by atoms with Gasteiger partial charge in [0.05, 0.1) is 12.1 Å². The van der Waals surface area contributed by atoms with Gasteiger partial charge in [0, 0.05) is 23.0 Å². The number of amides is 1. The molecule has 1 fully saturated rings. The predicted octanol–water partition coefficient (Wildman–Crippen LogP) is 2.25. The molecular formula is C15H17ClN4O. The first kappa shape index (κ1) is 13.9. The Balaban J connectivity index is 1.47. The molecule has 1 heterocycles. The highest BCUT2D eigenvalue weighted by molar-refractivity contribution is 6.30. The van der Waals surface area contributed by atoms with Crippen LogP contribution in [-0.4, -0.2) is 22.1 Å². The highest BCUT2D eigenvalue weighted by atomic mass is 35.5. The molecule has 0 spiro atoms. The number of carbonyl (C=O) groups excluding carboxylic acids is 1. The maximum Gasteiger partial charge on any atom is 0.224 e. The zero-order valence-corrected chi connectivity index (χ0v) is 12.2. The maximum atomic E-state index is 12.0. The summed E-state index contributed by atoms with van der Waals surface area (Å²) in [4.78, 5) is 12.0. The van der Waals surface area contributed by atoms with Crippen molar-refractivity contribution in [3.8, 4) is 0 Å². The van der Waals surface area contributed by atoms with E-state index in [-0.39, 0.29) is 11.9 Å². The van der Waals surface area contributed by atoms with Crippen LogP contribution in [0.15, 0.2) is 30.3 Å². The summed E-state index contributed by atoms with van der Waals surface area (Å²) in [5.41, 5.74) is 7.52. The lowest BCUT2D eigenvalue weighted by molar-refractivity contribution is -0.121. The molecule has 0 unspecified atom stereocenters. The summed E-state index contributed by atoms with van der Waals surface area (Å²) in [6.07, 6.45) is 2.17. The van der Waals surface area contributed by atoms with E-state index in [9.17, 15) is 4.79 Å². The highest BCUT2D eigenvalue weighted by Crippen LogP contribution is 2.36. The van der Waals surface area contributed by atoms with Crippen molar-refractivity contribution in [2.75, 3.05) is 5.73 Å². The van der Waals surface area contributed by atoms with Crippen molar-refractivity contribution in [3.05, 3.63) is 46.6 Å². The summed E-state index contributed by atoms with van der Waals surface area (Å²) >= 11 is 5.91. The molecule has 0 atom stereocenters. The number of nitrogens with one attached hydrogen (secondary N) is 2. The van der Waals surface area contributed by atoms with Crippen LogP contribution in [0, 0.1) is 0 Å². The summed E-state index contributed by atoms with van der Waals surface area (Å²) in [5.74, 6) is 0.996. The van der Waals surface area contributed by atoms with Crippen LogP contribution in [0.25, 0.3) is 0 Å². The van der Waals surface area contributed by atoms with Crippen LogP contribution in [0.5, 0.6) is 0 Å². The maximum absolute atomic E-state index is 12.0. The predicted molar refractivity (Wildman–Crippen MR) is 82.1 cm³/mol. The monoisotopic (exact) mass is 304 g/mol. The summed E-state index contributed by atoms with van der Waals surface area (Å²) in [6.45, 7) is 0. The second kappa shape index (κ2) is 5.77. The third-order valence-electron chi connectivity index (χ3n) is 3.79. The Bertz CT molecular complexity index is 649. The standard InChI is InChI=1S/C15H17ClN4O/c16-11-3-1-2-9(4-11)5-15(21)18-12-6-10(7-12)13-8-14(17)20-19-13/h1-4,8,10,12H,5-7H2,(H,18,21)(H3,17,19,20)/t10-,12+. The molecule has 110 valence electrons. The Morgan fingerprint density at radius 2 is 2.24 bits per heavy atom. The lowest BCUT2D eigenvalue weighted by Crippen LogP contribution is -2.44. The smallest absolute Gasteiger partial charge is 0.224 e. The molecule has 0 aliphatic heterocycles. The number of hydrogen-bond acceptors (Lipinski definition) is 3. The van der Waals surface area contributed by atoms with Crippen LogP contribution in [0.4, 0.5) is 5.82 Å². The first-order valence-corrected chi connectivity index (χ1v) is 7.32.